The molecule has 112 valence electrons. The van der Waals surface area contributed by atoms with Gasteiger partial charge >= 0.3 is 0 Å². The van der Waals surface area contributed by atoms with Crippen molar-refractivity contribution in [2.24, 2.45) is 0 Å². The van der Waals surface area contributed by atoms with Crippen molar-refractivity contribution in [2.45, 2.75) is 9.92 Å². The van der Waals surface area contributed by atoms with E-state index in [1.54, 1.807) is 7.11 Å². The summed E-state index contributed by atoms with van der Waals surface area (Å²) in [7, 11) is 1.64. The van der Waals surface area contributed by atoms with Crippen LogP contribution in [0.1, 0.15) is 5.56 Å². The van der Waals surface area contributed by atoms with E-state index < -0.39 is 0 Å². The largest absolute Gasteiger partial charge is 0.497 e. The Kier molecular flexibility index (Phi) is 4.60. The average molecular weight is 318 g/mol. The first-order valence-electron chi connectivity index (χ1n) is 7.07. The van der Waals surface area contributed by atoms with Gasteiger partial charge in [-0.2, -0.15) is 5.26 Å². The second-order valence-electron chi connectivity index (χ2n) is 4.83. The smallest absolute Gasteiger partial charge is 0.119 e. The zero-order valence-electron chi connectivity index (χ0n) is 12.6. The predicted octanol–water partition coefficient (Wildman–Crippen LogP) is 4.78. The summed E-state index contributed by atoms with van der Waals surface area (Å²) in [5.41, 5.74) is 2.57. The van der Waals surface area contributed by atoms with Crippen molar-refractivity contribution in [3.63, 3.8) is 0 Å². The predicted molar refractivity (Wildman–Crippen MR) is 91.5 cm³/mol. The third-order valence-electron chi connectivity index (χ3n) is 3.35. The molecule has 0 radical (unpaired) electrons. The van der Waals surface area contributed by atoms with Gasteiger partial charge in [-0.3, -0.25) is 0 Å². The Hall–Kier alpha value is -2.77. The summed E-state index contributed by atoms with van der Waals surface area (Å²) in [5.74, 6) is 0.808. The molecule has 3 nitrogen and oxygen atoms in total. The molecule has 0 saturated heterocycles. The molecule has 4 heteroatoms. The number of benzene rings is 2. The van der Waals surface area contributed by atoms with Crippen LogP contribution in [0.2, 0.25) is 0 Å². The molecule has 0 bridgehead atoms. The van der Waals surface area contributed by atoms with Crippen molar-refractivity contribution in [1.82, 2.24) is 4.98 Å². The molecule has 0 aliphatic heterocycles. The summed E-state index contributed by atoms with van der Waals surface area (Å²) in [5, 5.41) is 10.1. The normalized spacial score (nSPS) is 10.1. The van der Waals surface area contributed by atoms with Crippen LogP contribution in [0.5, 0.6) is 5.75 Å². The van der Waals surface area contributed by atoms with Gasteiger partial charge in [0.25, 0.3) is 0 Å². The van der Waals surface area contributed by atoms with E-state index in [0.717, 1.165) is 21.8 Å². The van der Waals surface area contributed by atoms with Gasteiger partial charge in [0, 0.05) is 16.7 Å². The highest BCUT2D eigenvalue weighted by Crippen LogP contribution is 2.31. The monoisotopic (exact) mass is 318 g/mol. The molecule has 0 N–H and O–H groups in total. The van der Waals surface area contributed by atoms with Gasteiger partial charge in [-0.15, -0.1) is 0 Å². The number of nitrogens with zero attached hydrogens (tertiary/aromatic N) is 2. The summed E-state index contributed by atoms with van der Waals surface area (Å²) < 4.78 is 5.15. The molecular weight excluding hydrogens is 304 g/mol. The lowest BCUT2D eigenvalue weighted by Crippen LogP contribution is -1.89. The van der Waals surface area contributed by atoms with Crippen LogP contribution in [-0.2, 0) is 0 Å². The van der Waals surface area contributed by atoms with E-state index in [1.165, 1.54) is 11.8 Å². The number of ether oxygens (including phenoxy) is 1. The van der Waals surface area contributed by atoms with E-state index in [-0.39, 0.29) is 0 Å². The first kappa shape index (κ1) is 15.1. The Morgan fingerprint density at radius 2 is 1.74 bits per heavy atom. The molecule has 1 heterocycles. The molecule has 0 aliphatic carbocycles. The molecule has 3 rings (SSSR count). The van der Waals surface area contributed by atoms with Crippen LogP contribution in [0.3, 0.4) is 0 Å². The third kappa shape index (κ3) is 3.53. The van der Waals surface area contributed by atoms with Crippen molar-refractivity contribution in [3.8, 4) is 22.9 Å². The summed E-state index contributed by atoms with van der Waals surface area (Å²) in [6.45, 7) is 0. The lowest BCUT2D eigenvalue weighted by Gasteiger charge is -2.07. The number of rotatable bonds is 4. The van der Waals surface area contributed by atoms with Crippen LogP contribution in [0, 0.1) is 11.3 Å². The molecule has 0 atom stereocenters. The molecule has 0 saturated carbocycles. The summed E-state index contributed by atoms with van der Waals surface area (Å²) >= 11 is 1.47. The molecule has 0 amide bonds. The van der Waals surface area contributed by atoms with Gasteiger partial charge in [-0.1, -0.05) is 42.1 Å². The summed E-state index contributed by atoms with van der Waals surface area (Å²) in [6, 6.07) is 21.8. The maximum atomic E-state index is 9.43. The first-order chi connectivity index (χ1) is 11.3. The lowest BCUT2D eigenvalue weighted by molar-refractivity contribution is 0.414. The molecular formula is C19H14N2OS. The van der Waals surface area contributed by atoms with E-state index in [2.05, 4.69) is 11.1 Å². The zero-order valence-corrected chi connectivity index (χ0v) is 13.4. The Labute approximate surface area is 139 Å². The number of methoxy groups -OCH3 is 1. The molecule has 0 fully saturated rings. The number of hydrogen-bond donors (Lipinski definition) is 0. The van der Waals surface area contributed by atoms with E-state index >= 15 is 0 Å². The van der Waals surface area contributed by atoms with Crippen molar-refractivity contribution in [3.05, 3.63) is 72.4 Å². The number of nitriles is 1. The van der Waals surface area contributed by atoms with Crippen LogP contribution in [-0.4, -0.2) is 12.1 Å². The Morgan fingerprint density at radius 3 is 2.39 bits per heavy atom. The van der Waals surface area contributed by atoms with E-state index in [1.807, 2.05) is 66.9 Å². The molecule has 3 aromatic rings. The highest BCUT2D eigenvalue weighted by atomic mass is 32.2. The zero-order chi connectivity index (χ0) is 16.1. The first-order valence-corrected chi connectivity index (χ1v) is 7.89. The fraction of sp³-hybridized carbons (Fsp3) is 0.0526. The Bertz CT molecular complexity index is 839. The van der Waals surface area contributed by atoms with Crippen molar-refractivity contribution in [2.75, 3.05) is 7.11 Å². The van der Waals surface area contributed by atoms with Gasteiger partial charge in [0.05, 0.1) is 12.7 Å². The van der Waals surface area contributed by atoms with E-state index in [0.29, 0.717) is 10.6 Å². The quantitative estimate of drug-likeness (QED) is 0.694. The topological polar surface area (TPSA) is 45.9 Å². The summed E-state index contributed by atoms with van der Waals surface area (Å²) in [6.07, 6.45) is 1.81. The minimum absolute atomic E-state index is 0.576. The van der Waals surface area contributed by atoms with Crippen LogP contribution >= 0.6 is 11.8 Å². The molecule has 23 heavy (non-hydrogen) atoms. The number of pyridine rings is 1. The van der Waals surface area contributed by atoms with Gasteiger partial charge in [-0.25, -0.2) is 4.98 Å². The lowest BCUT2D eigenvalue weighted by atomic mass is 10.1. The molecule has 0 aliphatic rings. The van der Waals surface area contributed by atoms with Crippen LogP contribution in [0.25, 0.3) is 11.1 Å². The molecule has 2 aromatic carbocycles. The summed E-state index contributed by atoms with van der Waals surface area (Å²) in [4.78, 5) is 5.49. The minimum Gasteiger partial charge on any atom is -0.497 e. The molecule has 0 unspecified atom stereocenters. The minimum atomic E-state index is 0.576. The van der Waals surface area contributed by atoms with Gasteiger partial charge in [0.2, 0.25) is 0 Å². The third-order valence-corrected chi connectivity index (χ3v) is 4.38. The van der Waals surface area contributed by atoms with Crippen molar-refractivity contribution in [1.29, 1.82) is 5.26 Å². The second-order valence-corrected chi connectivity index (χ2v) is 5.89. The Balaban J connectivity index is 1.89. The number of aromatic nitrogens is 1. The van der Waals surface area contributed by atoms with E-state index in [9.17, 15) is 5.26 Å². The van der Waals surface area contributed by atoms with Crippen LogP contribution in [0.15, 0.2) is 76.8 Å². The highest BCUT2D eigenvalue weighted by Gasteiger charge is 2.09. The molecule has 1 aromatic heterocycles. The van der Waals surface area contributed by atoms with Gasteiger partial charge in [0.15, 0.2) is 0 Å². The van der Waals surface area contributed by atoms with Crippen molar-refractivity contribution < 1.29 is 4.74 Å². The maximum Gasteiger partial charge on any atom is 0.119 e. The van der Waals surface area contributed by atoms with E-state index in [4.69, 9.17) is 4.74 Å². The highest BCUT2D eigenvalue weighted by molar-refractivity contribution is 7.99. The van der Waals surface area contributed by atoms with Gasteiger partial charge in [-0.05, 0) is 35.9 Å². The SMILES string of the molecule is COc1ccc(Sc2ncc(-c3ccccc3)cc2C#N)cc1. The van der Waals surface area contributed by atoms with Crippen molar-refractivity contribution >= 4 is 11.8 Å². The number of hydrogen-bond acceptors (Lipinski definition) is 4. The second kappa shape index (κ2) is 6.99. The van der Waals surface area contributed by atoms with Gasteiger partial charge in [0.1, 0.15) is 16.8 Å². The molecule has 0 spiro atoms. The fourth-order valence-electron chi connectivity index (χ4n) is 2.16. The van der Waals surface area contributed by atoms with Crippen LogP contribution in [0.4, 0.5) is 0 Å². The fourth-order valence-corrected chi connectivity index (χ4v) is 2.97. The van der Waals surface area contributed by atoms with Crippen LogP contribution < -0.4 is 4.74 Å². The Morgan fingerprint density at radius 1 is 1.00 bits per heavy atom. The average Bonchev–Trinajstić information content (AvgIpc) is 2.63. The standard InChI is InChI=1S/C19H14N2OS/c1-22-17-7-9-18(10-8-17)23-19-15(12-20)11-16(13-21-19)14-5-3-2-4-6-14/h2-11,13H,1H3. The van der Waals surface area contributed by atoms with Gasteiger partial charge < -0.3 is 4.74 Å². The maximum absolute atomic E-state index is 9.43.